The first-order valence-corrected chi connectivity index (χ1v) is 10.9. The zero-order chi connectivity index (χ0) is 25.2. The van der Waals surface area contributed by atoms with Crippen LogP contribution in [-0.4, -0.2) is 46.2 Å². The molecule has 0 radical (unpaired) electrons. The third-order valence-electron chi connectivity index (χ3n) is 5.50. The summed E-state index contributed by atoms with van der Waals surface area (Å²) in [7, 11) is 0. The number of ether oxygens (including phenoxy) is 1. The molecule has 0 unspecified atom stereocenters. The number of aromatic nitrogens is 2. The number of nitrogens with two attached hydrogens (primary N) is 1. The molecular weight excluding hydrogens is 464 g/mol. The summed E-state index contributed by atoms with van der Waals surface area (Å²) in [6, 6.07) is 8.97. The van der Waals surface area contributed by atoms with Crippen LogP contribution in [0.4, 0.5) is 29.1 Å². The highest BCUT2D eigenvalue weighted by Gasteiger charge is 2.43. The molecule has 0 spiro atoms. The van der Waals surface area contributed by atoms with Crippen molar-refractivity contribution in [1.29, 1.82) is 5.41 Å². The van der Waals surface area contributed by atoms with E-state index in [1.54, 1.807) is 31.2 Å². The summed E-state index contributed by atoms with van der Waals surface area (Å²) in [5.41, 5.74) is 7.10. The van der Waals surface area contributed by atoms with E-state index in [4.69, 9.17) is 15.9 Å². The lowest BCUT2D eigenvalue weighted by Crippen LogP contribution is -2.55. The smallest absolute Gasteiger partial charge is 0.272 e. The molecule has 0 bridgehead atoms. The number of halogens is 4. The zero-order valence-electron chi connectivity index (χ0n) is 18.9. The van der Waals surface area contributed by atoms with Gasteiger partial charge in [-0.25, -0.2) is 27.5 Å². The average molecular weight is 488 g/mol. The Morgan fingerprint density at radius 1 is 1.20 bits per heavy atom. The second-order valence-corrected chi connectivity index (χ2v) is 8.18. The van der Waals surface area contributed by atoms with Gasteiger partial charge in [-0.1, -0.05) is 18.2 Å². The number of likely N-dealkylation sites (tertiary alicyclic amines) is 1. The number of nitrogens with one attached hydrogen (secondary N) is 2. The molecule has 1 aliphatic heterocycles. The highest BCUT2D eigenvalue weighted by Crippen LogP contribution is 2.29. The number of hydrogen-bond donors (Lipinski definition) is 3. The maximum atomic E-state index is 14.4. The van der Waals surface area contributed by atoms with Gasteiger partial charge in [-0.05, 0) is 13.0 Å². The van der Waals surface area contributed by atoms with Gasteiger partial charge < -0.3 is 15.8 Å². The Bertz CT molecular complexity index is 1220. The number of benzene rings is 2. The van der Waals surface area contributed by atoms with Crippen LogP contribution in [0.15, 0.2) is 42.6 Å². The monoisotopic (exact) mass is 488 g/mol. The van der Waals surface area contributed by atoms with Crippen LogP contribution in [0.2, 0.25) is 0 Å². The first-order chi connectivity index (χ1) is 16.7. The van der Waals surface area contributed by atoms with Crippen LogP contribution in [0.1, 0.15) is 29.4 Å². The van der Waals surface area contributed by atoms with Crippen LogP contribution in [0.25, 0.3) is 0 Å². The number of para-hydroxylation sites is 1. The van der Waals surface area contributed by atoms with E-state index < -0.39 is 17.6 Å². The maximum Gasteiger partial charge on any atom is 0.272 e. The van der Waals surface area contributed by atoms with Gasteiger partial charge >= 0.3 is 0 Å². The van der Waals surface area contributed by atoms with Crippen LogP contribution in [0, 0.1) is 17.0 Å². The van der Waals surface area contributed by atoms with Crippen molar-refractivity contribution >= 4 is 17.2 Å². The SMILES string of the molecule is CCOc1cc(F)c(CNc2ccccc2C(=N)c2ncc(CN3CC(F)(F)C3)c(N)n2)c(F)c1. The van der Waals surface area contributed by atoms with Crippen molar-refractivity contribution < 1.29 is 22.3 Å². The lowest BCUT2D eigenvalue weighted by molar-refractivity contribution is -0.133. The van der Waals surface area contributed by atoms with Gasteiger partial charge in [0.25, 0.3) is 5.92 Å². The van der Waals surface area contributed by atoms with E-state index >= 15 is 0 Å². The Kier molecular flexibility index (Phi) is 6.88. The van der Waals surface area contributed by atoms with Crippen molar-refractivity contribution in [1.82, 2.24) is 14.9 Å². The van der Waals surface area contributed by atoms with E-state index in [0.29, 0.717) is 16.8 Å². The standard InChI is InChI=1S/C24H24F4N6O/c1-2-35-15-7-18(25)17(19(26)8-15)10-31-20-6-4-3-5-16(20)21(29)23-32-9-14(22(30)33-23)11-34-12-24(27,28)13-34/h3-9,29,31H,2,10-13H2,1H3,(H2,30,32,33). The summed E-state index contributed by atoms with van der Waals surface area (Å²) in [5, 5.41) is 11.5. The first-order valence-electron chi connectivity index (χ1n) is 10.9. The molecule has 184 valence electrons. The molecule has 0 aliphatic carbocycles. The van der Waals surface area contributed by atoms with Gasteiger partial charge in [-0.2, -0.15) is 0 Å². The summed E-state index contributed by atoms with van der Waals surface area (Å²) in [6.07, 6.45) is 1.42. The average Bonchev–Trinajstić information content (AvgIpc) is 2.78. The van der Waals surface area contributed by atoms with E-state index in [0.717, 1.165) is 12.1 Å². The number of alkyl halides is 2. The molecular formula is C24H24F4N6O. The molecule has 1 aliphatic rings. The lowest BCUT2D eigenvalue weighted by atomic mass is 10.1. The zero-order valence-corrected chi connectivity index (χ0v) is 18.9. The summed E-state index contributed by atoms with van der Waals surface area (Å²) >= 11 is 0. The third-order valence-corrected chi connectivity index (χ3v) is 5.50. The predicted molar refractivity (Wildman–Crippen MR) is 124 cm³/mol. The van der Waals surface area contributed by atoms with E-state index in [-0.39, 0.29) is 61.5 Å². The van der Waals surface area contributed by atoms with Gasteiger partial charge in [0.2, 0.25) is 0 Å². The number of nitrogens with zero attached hydrogens (tertiary/aromatic N) is 3. The maximum absolute atomic E-state index is 14.4. The lowest BCUT2D eigenvalue weighted by Gasteiger charge is -2.38. The second kappa shape index (κ2) is 9.87. The van der Waals surface area contributed by atoms with Gasteiger partial charge in [-0.3, -0.25) is 10.3 Å². The van der Waals surface area contributed by atoms with Gasteiger partial charge in [0, 0.05) is 53.8 Å². The molecule has 0 amide bonds. The van der Waals surface area contributed by atoms with Crippen LogP contribution < -0.4 is 15.8 Å². The van der Waals surface area contributed by atoms with E-state index in [1.807, 2.05) is 0 Å². The highest BCUT2D eigenvalue weighted by molar-refractivity contribution is 6.12. The van der Waals surface area contributed by atoms with Gasteiger partial charge in [0.15, 0.2) is 5.82 Å². The Morgan fingerprint density at radius 2 is 1.89 bits per heavy atom. The molecule has 0 atom stereocenters. The van der Waals surface area contributed by atoms with Crippen molar-refractivity contribution in [3.63, 3.8) is 0 Å². The largest absolute Gasteiger partial charge is 0.494 e. The number of anilines is 2. The molecule has 7 nitrogen and oxygen atoms in total. The number of nitrogen functional groups attached to an aromatic ring is 1. The molecule has 2 heterocycles. The minimum absolute atomic E-state index is 0.0351. The van der Waals surface area contributed by atoms with Crippen molar-refractivity contribution in [3.8, 4) is 5.75 Å². The molecule has 4 N–H and O–H groups in total. The van der Waals surface area contributed by atoms with E-state index in [2.05, 4.69) is 15.3 Å². The Hall–Kier alpha value is -3.73. The highest BCUT2D eigenvalue weighted by atomic mass is 19.3. The van der Waals surface area contributed by atoms with Gasteiger partial charge in [-0.15, -0.1) is 0 Å². The quantitative estimate of drug-likeness (QED) is 0.308. The van der Waals surface area contributed by atoms with Crippen molar-refractivity contribution in [2.45, 2.75) is 25.9 Å². The fourth-order valence-electron chi connectivity index (χ4n) is 3.78. The molecule has 3 aromatic rings. The topological polar surface area (TPSA) is 100 Å². The van der Waals surface area contributed by atoms with Crippen molar-refractivity contribution in [3.05, 3.63) is 76.7 Å². The molecule has 1 fully saturated rings. The molecule has 35 heavy (non-hydrogen) atoms. The van der Waals surface area contributed by atoms with Crippen molar-refractivity contribution in [2.24, 2.45) is 0 Å². The molecule has 11 heteroatoms. The molecule has 0 saturated carbocycles. The minimum Gasteiger partial charge on any atom is -0.494 e. The van der Waals surface area contributed by atoms with E-state index in [9.17, 15) is 17.6 Å². The Morgan fingerprint density at radius 3 is 2.51 bits per heavy atom. The predicted octanol–water partition coefficient (Wildman–Crippen LogP) is 4.21. The summed E-state index contributed by atoms with van der Waals surface area (Å²) in [6.45, 7) is 1.32. The fourth-order valence-corrected chi connectivity index (χ4v) is 3.78. The van der Waals surface area contributed by atoms with Crippen LogP contribution >= 0.6 is 0 Å². The molecule has 1 saturated heterocycles. The van der Waals surface area contributed by atoms with Crippen molar-refractivity contribution in [2.75, 3.05) is 30.7 Å². The second-order valence-electron chi connectivity index (χ2n) is 8.18. The molecule has 1 aromatic heterocycles. The third kappa shape index (κ3) is 5.51. The summed E-state index contributed by atoms with van der Waals surface area (Å²) in [5.74, 6) is -3.95. The number of hydrogen-bond acceptors (Lipinski definition) is 7. The Labute approximate surface area is 199 Å². The van der Waals surface area contributed by atoms with Gasteiger partial charge in [0.05, 0.1) is 19.7 Å². The van der Waals surface area contributed by atoms with Crippen LogP contribution in [0.3, 0.4) is 0 Å². The molecule has 2 aromatic carbocycles. The minimum atomic E-state index is -2.69. The number of rotatable bonds is 9. The Balaban J connectivity index is 1.49. The summed E-state index contributed by atoms with van der Waals surface area (Å²) in [4.78, 5) is 9.89. The normalized spacial score (nSPS) is 14.9. The molecule has 4 rings (SSSR count). The van der Waals surface area contributed by atoms with Crippen LogP contribution in [-0.2, 0) is 13.1 Å². The summed E-state index contributed by atoms with van der Waals surface area (Å²) < 4.78 is 60.1. The fraction of sp³-hybridized carbons (Fsp3) is 0.292. The van der Waals surface area contributed by atoms with Gasteiger partial charge in [0.1, 0.15) is 28.9 Å². The first kappa shape index (κ1) is 24.4. The van der Waals surface area contributed by atoms with E-state index in [1.165, 1.54) is 11.1 Å². The van der Waals surface area contributed by atoms with Crippen LogP contribution in [0.5, 0.6) is 5.75 Å².